The molecule has 110 valence electrons. The van der Waals surface area contributed by atoms with Gasteiger partial charge in [-0.2, -0.15) is 0 Å². The summed E-state index contributed by atoms with van der Waals surface area (Å²) in [6.45, 7) is 8.74. The van der Waals surface area contributed by atoms with Crippen LogP contribution in [-0.4, -0.2) is 23.3 Å². The lowest BCUT2D eigenvalue weighted by Crippen LogP contribution is -2.37. The number of ether oxygens (including phenoxy) is 1. The standard InChI is InChI=1S/C16H28O3/c1-10(2)12-5-7-16(4,8-6-12)19-15(18)14-11(3)13(14)9-17/h10-14,17H,5-9H2,1-4H3. The molecule has 0 aromatic rings. The van der Waals surface area contributed by atoms with E-state index in [-0.39, 0.29) is 35.9 Å². The average molecular weight is 268 g/mol. The summed E-state index contributed by atoms with van der Waals surface area (Å²) in [4.78, 5) is 12.1. The fourth-order valence-corrected chi connectivity index (χ4v) is 3.55. The highest BCUT2D eigenvalue weighted by atomic mass is 16.6. The van der Waals surface area contributed by atoms with E-state index in [9.17, 15) is 4.79 Å². The molecule has 0 aromatic heterocycles. The van der Waals surface area contributed by atoms with Crippen molar-refractivity contribution in [2.24, 2.45) is 29.6 Å². The van der Waals surface area contributed by atoms with Crippen molar-refractivity contribution in [3.63, 3.8) is 0 Å². The number of carbonyl (C=O) groups excluding carboxylic acids is 1. The number of aliphatic hydroxyl groups excluding tert-OH is 1. The normalized spacial score (nSPS) is 42.2. The van der Waals surface area contributed by atoms with Gasteiger partial charge in [-0.3, -0.25) is 4.79 Å². The Morgan fingerprint density at radius 1 is 1.37 bits per heavy atom. The minimum atomic E-state index is -0.273. The van der Waals surface area contributed by atoms with Crippen molar-refractivity contribution < 1.29 is 14.6 Å². The molecule has 0 aromatic carbocycles. The van der Waals surface area contributed by atoms with Crippen molar-refractivity contribution in [1.29, 1.82) is 0 Å². The lowest BCUT2D eigenvalue weighted by molar-refractivity contribution is -0.165. The van der Waals surface area contributed by atoms with Crippen LogP contribution in [0, 0.1) is 29.6 Å². The van der Waals surface area contributed by atoms with E-state index in [1.54, 1.807) is 0 Å². The van der Waals surface area contributed by atoms with Gasteiger partial charge < -0.3 is 9.84 Å². The molecule has 3 unspecified atom stereocenters. The maximum Gasteiger partial charge on any atom is 0.310 e. The van der Waals surface area contributed by atoms with Crippen LogP contribution in [0.25, 0.3) is 0 Å². The zero-order valence-electron chi connectivity index (χ0n) is 12.7. The predicted octanol–water partition coefficient (Wildman–Crippen LogP) is 3.01. The summed E-state index contributed by atoms with van der Waals surface area (Å²) in [6.07, 6.45) is 4.27. The van der Waals surface area contributed by atoms with E-state index in [2.05, 4.69) is 20.8 Å². The van der Waals surface area contributed by atoms with Gasteiger partial charge in [-0.25, -0.2) is 0 Å². The highest BCUT2D eigenvalue weighted by Gasteiger charge is 2.53. The molecule has 0 spiro atoms. The van der Waals surface area contributed by atoms with E-state index >= 15 is 0 Å². The quantitative estimate of drug-likeness (QED) is 0.797. The number of carbonyl (C=O) groups is 1. The number of hydrogen-bond donors (Lipinski definition) is 1. The molecule has 0 bridgehead atoms. The second kappa shape index (κ2) is 5.43. The average Bonchev–Trinajstić information content (AvgIpc) is 3.00. The monoisotopic (exact) mass is 268 g/mol. The Balaban J connectivity index is 1.84. The van der Waals surface area contributed by atoms with Crippen molar-refractivity contribution in [1.82, 2.24) is 0 Å². The van der Waals surface area contributed by atoms with Crippen LogP contribution in [0.3, 0.4) is 0 Å². The van der Waals surface area contributed by atoms with Gasteiger partial charge in [0.15, 0.2) is 0 Å². The molecule has 2 fully saturated rings. The number of hydrogen-bond acceptors (Lipinski definition) is 3. The van der Waals surface area contributed by atoms with Gasteiger partial charge in [0.2, 0.25) is 0 Å². The molecule has 3 nitrogen and oxygen atoms in total. The van der Waals surface area contributed by atoms with E-state index < -0.39 is 0 Å². The Bertz CT molecular complexity index is 329. The molecule has 19 heavy (non-hydrogen) atoms. The van der Waals surface area contributed by atoms with Crippen LogP contribution in [0.15, 0.2) is 0 Å². The Morgan fingerprint density at radius 3 is 2.37 bits per heavy atom. The third-order valence-electron chi connectivity index (χ3n) is 5.42. The van der Waals surface area contributed by atoms with E-state index in [0.717, 1.165) is 37.5 Å². The van der Waals surface area contributed by atoms with Gasteiger partial charge in [-0.05, 0) is 56.3 Å². The smallest absolute Gasteiger partial charge is 0.310 e. The molecular weight excluding hydrogens is 240 g/mol. The highest BCUT2D eigenvalue weighted by Crippen LogP contribution is 2.48. The predicted molar refractivity (Wildman–Crippen MR) is 74.5 cm³/mol. The molecule has 0 saturated heterocycles. The Labute approximate surface area is 116 Å². The Kier molecular flexibility index (Phi) is 4.24. The Morgan fingerprint density at radius 2 is 1.95 bits per heavy atom. The van der Waals surface area contributed by atoms with E-state index in [0.29, 0.717) is 0 Å². The minimum Gasteiger partial charge on any atom is -0.459 e. The van der Waals surface area contributed by atoms with Crippen LogP contribution in [0.2, 0.25) is 0 Å². The SMILES string of the molecule is CC(C)C1CCC(C)(OC(=O)C2C(C)C2CO)CC1. The van der Waals surface area contributed by atoms with Crippen molar-refractivity contribution >= 4 is 5.97 Å². The summed E-state index contributed by atoms with van der Waals surface area (Å²) in [5.41, 5.74) is -0.273. The molecule has 0 aliphatic heterocycles. The van der Waals surface area contributed by atoms with E-state index in [1.165, 1.54) is 0 Å². The first kappa shape index (κ1) is 14.8. The summed E-state index contributed by atoms with van der Waals surface area (Å²) in [5, 5.41) is 9.15. The van der Waals surface area contributed by atoms with Gasteiger partial charge in [-0.15, -0.1) is 0 Å². The van der Waals surface area contributed by atoms with Crippen LogP contribution in [0.4, 0.5) is 0 Å². The third-order valence-corrected chi connectivity index (χ3v) is 5.42. The molecule has 3 heteroatoms. The largest absolute Gasteiger partial charge is 0.459 e. The number of aliphatic hydroxyl groups is 1. The maximum absolute atomic E-state index is 12.1. The van der Waals surface area contributed by atoms with Gasteiger partial charge in [0.05, 0.1) is 5.92 Å². The molecule has 0 radical (unpaired) electrons. The summed E-state index contributed by atoms with van der Waals surface area (Å²) < 4.78 is 5.78. The molecule has 0 heterocycles. The van der Waals surface area contributed by atoms with Gasteiger partial charge in [-0.1, -0.05) is 20.8 Å². The summed E-state index contributed by atoms with van der Waals surface area (Å²) in [5.74, 6) is 1.76. The van der Waals surface area contributed by atoms with Gasteiger partial charge in [0.25, 0.3) is 0 Å². The first-order valence-corrected chi connectivity index (χ1v) is 7.71. The molecule has 0 amide bonds. The van der Waals surface area contributed by atoms with Gasteiger partial charge >= 0.3 is 5.97 Å². The number of rotatable bonds is 4. The summed E-state index contributed by atoms with van der Waals surface area (Å²) >= 11 is 0. The molecule has 2 saturated carbocycles. The fourth-order valence-electron chi connectivity index (χ4n) is 3.55. The molecular formula is C16H28O3. The van der Waals surface area contributed by atoms with Gasteiger partial charge in [0.1, 0.15) is 5.60 Å². The molecule has 1 N–H and O–H groups in total. The van der Waals surface area contributed by atoms with Crippen molar-refractivity contribution in [2.75, 3.05) is 6.61 Å². The third kappa shape index (κ3) is 3.13. The second-order valence-electron chi connectivity index (χ2n) is 7.18. The Hall–Kier alpha value is -0.570. The van der Waals surface area contributed by atoms with E-state index in [4.69, 9.17) is 9.84 Å². The van der Waals surface area contributed by atoms with Crippen LogP contribution >= 0.6 is 0 Å². The molecule has 2 aliphatic carbocycles. The zero-order valence-corrected chi connectivity index (χ0v) is 12.7. The van der Waals surface area contributed by atoms with Gasteiger partial charge in [0, 0.05) is 6.61 Å². The molecule has 2 aliphatic rings. The number of esters is 1. The first-order valence-electron chi connectivity index (χ1n) is 7.71. The van der Waals surface area contributed by atoms with Crippen LogP contribution in [0.5, 0.6) is 0 Å². The van der Waals surface area contributed by atoms with Crippen molar-refractivity contribution in [2.45, 2.75) is 59.0 Å². The van der Waals surface area contributed by atoms with E-state index in [1.807, 2.05) is 6.92 Å². The zero-order chi connectivity index (χ0) is 14.2. The second-order valence-corrected chi connectivity index (χ2v) is 7.18. The lowest BCUT2D eigenvalue weighted by atomic mass is 9.75. The van der Waals surface area contributed by atoms with Crippen LogP contribution < -0.4 is 0 Å². The van der Waals surface area contributed by atoms with Crippen molar-refractivity contribution in [3.05, 3.63) is 0 Å². The molecule has 3 atom stereocenters. The summed E-state index contributed by atoms with van der Waals surface area (Å²) in [7, 11) is 0. The highest BCUT2D eigenvalue weighted by molar-refractivity contribution is 5.76. The molecule has 2 rings (SSSR count). The van der Waals surface area contributed by atoms with Crippen LogP contribution in [0.1, 0.15) is 53.4 Å². The fraction of sp³-hybridized carbons (Fsp3) is 0.938. The van der Waals surface area contributed by atoms with Crippen molar-refractivity contribution in [3.8, 4) is 0 Å². The lowest BCUT2D eigenvalue weighted by Gasteiger charge is -2.38. The summed E-state index contributed by atoms with van der Waals surface area (Å²) in [6, 6.07) is 0. The maximum atomic E-state index is 12.1. The van der Waals surface area contributed by atoms with Crippen LogP contribution in [-0.2, 0) is 9.53 Å². The minimum absolute atomic E-state index is 0.0651. The topological polar surface area (TPSA) is 46.5 Å². The first-order chi connectivity index (χ1) is 8.88.